The second kappa shape index (κ2) is 6.20. The maximum Gasteiger partial charge on any atom is 0.373 e. The van der Waals surface area contributed by atoms with E-state index in [0.29, 0.717) is 12.3 Å². The summed E-state index contributed by atoms with van der Waals surface area (Å²) in [6, 6.07) is 11.6. The van der Waals surface area contributed by atoms with Gasteiger partial charge in [0.1, 0.15) is 5.76 Å². The number of aryl methyl sites for hydroxylation is 1. The third kappa shape index (κ3) is 3.45. The van der Waals surface area contributed by atoms with Crippen molar-refractivity contribution >= 4 is 5.97 Å². The van der Waals surface area contributed by atoms with Gasteiger partial charge in [0.2, 0.25) is 5.76 Å². The Labute approximate surface area is 112 Å². The summed E-state index contributed by atoms with van der Waals surface area (Å²) in [5.74, 6) is 0.495. The van der Waals surface area contributed by atoms with E-state index in [9.17, 15) is 4.79 Å². The lowest BCUT2D eigenvalue weighted by Crippen LogP contribution is -2.13. The minimum Gasteiger partial charge on any atom is -0.463 e. The summed E-state index contributed by atoms with van der Waals surface area (Å²) >= 11 is 0. The summed E-state index contributed by atoms with van der Waals surface area (Å²) in [6.45, 7) is 3.42. The Bertz CT molecular complexity index is 560. The Hall–Kier alpha value is -2.07. The van der Waals surface area contributed by atoms with Crippen molar-refractivity contribution in [3.8, 4) is 0 Å². The lowest BCUT2D eigenvalue weighted by molar-refractivity contribution is 0.0563. The normalized spacial score (nSPS) is 10.4. The topological polar surface area (TPSA) is 51.5 Å². The number of nitrogens with one attached hydrogen (secondary N) is 1. The molecule has 1 aromatic carbocycles. The molecule has 0 fully saturated rings. The maximum absolute atomic E-state index is 11.2. The number of furan rings is 1. The zero-order valence-electron chi connectivity index (χ0n) is 11.1. The van der Waals surface area contributed by atoms with Gasteiger partial charge in [0.05, 0.1) is 13.7 Å². The van der Waals surface area contributed by atoms with Gasteiger partial charge in [0.15, 0.2) is 0 Å². The molecule has 100 valence electrons. The molecule has 0 unspecified atom stereocenters. The first kappa shape index (κ1) is 13.4. The van der Waals surface area contributed by atoms with Crippen molar-refractivity contribution in [1.82, 2.24) is 5.32 Å². The van der Waals surface area contributed by atoms with E-state index in [1.807, 2.05) is 12.1 Å². The number of benzene rings is 1. The van der Waals surface area contributed by atoms with Crippen molar-refractivity contribution in [2.45, 2.75) is 20.0 Å². The Morgan fingerprint density at radius 1 is 1.21 bits per heavy atom. The molecule has 1 heterocycles. The van der Waals surface area contributed by atoms with E-state index >= 15 is 0 Å². The number of carbonyl (C=O) groups excluding carboxylic acids is 1. The molecule has 0 saturated carbocycles. The summed E-state index contributed by atoms with van der Waals surface area (Å²) in [4.78, 5) is 11.2. The van der Waals surface area contributed by atoms with Crippen LogP contribution in [0.2, 0.25) is 0 Å². The van der Waals surface area contributed by atoms with Gasteiger partial charge in [-0.1, -0.05) is 24.3 Å². The summed E-state index contributed by atoms with van der Waals surface area (Å²) in [7, 11) is 1.33. The van der Waals surface area contributed by atoms with Crippen LogP contribution in [0.1, 0.15) is 27.4 Å². The number of methoxy groups -OCH3 is 1. The molecule has 1 aromatic heterocycles. The molecule has 2 aromatic rings. The van der Waals surface area contributed by atoms with Crippen LogP contribution in [0.4, 0.5) is 0 Å². The predicted octanol–water partition coefficient (Wildman–Crippen LogP) is 2.66. The van der Waals surface area contributed by atoms with E-state index < -0.39 is 5.97 Å². The molecule has 4 heteroatoms. The second-order valence-corrected chi connectivity index (χ2v) is 4.29. The number of carbonyl (C=O) groups is 1. The molecule has 0 radical (unpaired) electrons. The predicted molar refractivity (Wildman–Crippen MR) is 71.8 cm³/mol. The van der Waals surface area contributed by atoms with E-state index in [1.165, 1.54) is 18.2 Å². The van der Waals surface area contributed by atoms with Crippen LogP contribution in [-0.4, -0.2) is 13.1 Å². The van der Waals surface area contributed by atoms with Crippen LogP contribution in [0.25, 0.3) is 0 Å². The van der Waals surface area contributed by atoms with Crippen LogP contribution in [0.15, 0.2) is 40.8 Å². The number of hydrogen-bond acceptors (Lipinski definition) is 4. The molecule has 0 aliphatic carbocycles. The molecular formula is C15H17NO3. The lowest BCUT2D eigenvalue weighted by atomic mass is 10.1. The van der Waals surface area contributed by atoms with Crippen LogP contribution in [0.5, 0.6) is 0 Å². The van der Waals surface area contributed by atoms with E-state index in [1.54, 1.807) is 12.1 Å². The number of esters is 1. The molecule has 0 bridgehead atoms. The van der Waals surface area contributed by atoms with Crippen LogP contribution in [-0.2, 0) is 17.8 Å². The molecule has 0 atom stereocenters. The van der Waals surface area contributed by atoms with Crippen molar-refractivity contribution in [2.24, 2.45) is 0 Å². The van der Waals surface area contributed by atoms with Crippen molar-refractivity contribution in [3.05, 3.63) is 59.0 Å². The van der Waals surface area contributed by atoms with Crippen molar-refractivity contribution in [2.75, 3.05) is 7.11 Å². The first-order valence-electron chi connectivity index (χ1n) is 6.13. The van der Waals surface area contributed by atoms with Crippen LogP contribution >= 0.6 is 0 Å². The van der Waals surface area contributed by atoms with Gasteiger partial charge < -0.3 is 14.5 Å². The average molecular weight is 259 g/mol. The van der Waals surface area contributed by atoms with E-state index in [-0.39, 0.29) is 5.76 Å². The quantitative estimate of drug-likeness (QED) is 0.839. The van der Waals surface area contributed by atoms with Gasteiger partial charge in [-0.05, 0) is 30.2 Å². The highest BCUT2D eigenvalue weighted by Crippen LogP contribution is 2.10. The summed E-state index contributed by atoms with van der Waals surface area (Å²) in [5, 5.41) is 3.28. The highest BCUT2D eigenvalue weighted by atomic mass is 16.5. The van der Waals surface area contributed by atoms with Gasteiger partial charge in [-0.3, -0.25) is 0 Å². The fourth-order valence-corrected chi connectivity index (χ4v) is 1.81. The summed E-state index contributed by atoms with van der Waals surface area (Å²) < 4.78 is 9.95. The van der Waals surface area contributed by atoms with Gasteiger partial charge in [-0.25, -0.2) is 4.79 Å². The third-order valence-corrected chi connectivity index (χ3v) is 2.92. The van der Waals surface area contributed by atoms with Crippen LogP contribution < -0.4 is 5.32 Å². The Morgan fingerprint density at radius 3 is 2.74 bits per heavy atom. The fraction of sp³-hybridized carbons (Fsp3) is 0.267. The molecule has 0 spiro atoms. The van der Waals surface area contributed by atoms with E-state index in [0.717, 1.165) is 6.54 Å². The molecule has 2 rings (SSSR count). The Morgan fingerprint density at radius 2 is 2.00 bits per heavy atom. The maximum atomic E-state index is 11.2. The summed E-state index contributed by atoms with van der Waals surface area (Å²) in [5.41, 5.74) is 2.51. The van der Waals surface area contributed by atoms with Gasteiger partial charge in [0, 0.05) is 6.54 Å². The minimum atomic E-state index is -0.454. The number of ether oxygens (including phenoxy) is 1. The lowest BCUT2D eigenvalue weighted by Gasteiger charge is -2.06. The van der Waals surface area contributed by atoms with Gasteiger partial charge in [0.25, 0.3) is 0 Å². The number of hydrogen-bond donors (Lipinski definition) is 1. The molecule has 0 aliphatic heterocycles. The second-order valence-electron chi connectivity index (χ2n) is 4.29. The molecule has 0 aliphatic rings. The minimum absolute atomic E-state index is 0.232. The molecule has 1 N–H and O–H groups in total. The average Bonchev–Trinajstić information content (AvgIpc) is 2.89. The SMILES string of the molecule is COC(=O)c1ccc(CNCc2ccccc2C)o1. The molecule has 19 heavy (non-hydrogen) atoms. The van der Waals surface area contributed by atoms with Crippen molar-refractivity contribution < 1.29 is 13.9 Å². The standard InChI is InChI=1S/C15H17NO3/c1-11-5-3-4-6-12(11)9-16-10-13-7-8-14(19-13)15(17)18-2/h3-8,16H,9-10H2,1-2H3. The van der Waals surface area contributed by atoms with E-state index in [4.69, 9.17) is 4.42 Å². The first-order chi connectivity index (χ1) is 9.20. The molecule has 0 saturated heterocycles. The molecular weight excluding hydrogens is 242 g/mol. The van der Waals surface area contributed by atoms with Gasteiger partial charge in [-0.2, -0.15) is 0 Å². The highest BCUT2D eigenvalue weighted by molar-refractivity contribution is 5.86. The molecule has 0 amide bonds. The first-order valence-corrected chi connectivity index (χ1v) is 6.13. The summed E-state index contributed by atoms with van der Waals surface area (Å²) in [6.07, 6.45) is 0. The zero-order valence-corrected chi connectivity index (χ0v) is 11.1. The Kier molecular flexibility index (Phi) is 4.36. The largest absolute Gasteiger partial charge is 0.463 e. The monoisotopic (exact) mass is 259 g/mol. The molecule has 4 nitrogen and oxygen atoms in total. The zero-order chi connectivity index (χ0) is 13.7. The smallest absolute Gasteiger partial charge is 0.373 e. The van der Waals surface area contributed by atoms with Gasteiger partial charge >= 0.3 is 5.97 Å². The number of rotatable bonds is 5. The van der Waals surface area contributed by atoms with Crippen LogP contribution in [0.3, 0.4) is 0 Å². The fourth-order valence-electron chi connectivity index (χ4n) is 1.81. The van der Waals surface area contributed by atoms with Crippen molar-refractivity contribution in [1.29, 1.82) is 0 Å². The third-order valence-electron chi connectivity index (χ3n) is 2.92. The Balaban J connectivity index is 1.88. The van der Waals surface area contributed by atoms with Crippen LogP contribution in [0, 0.1) is 6.92 Å². The van der Waals surface area contributed by atoms with E-state index in [2.05, 4.69) is 29.1 Å². The van der Waals surface area contributed by atoms with Gasteiger partial charge in [-0.15, -0.1) is 0 Å². The highest BCUT2D eigenvalue weighted by Gasteiger charge is 2.10. The van der Waals surface area contributed by atoms with Crippen molar-refractivity contribution in [3.63, 3.8) is 0 Å².